The summed E-state index contributed by atoms with van der Waals surface area (Å²) in [6.07, 6.45) is 2.91. The molecular weight excluding hydrogens is 214 g/mol. The summed E-state index contributed by atoms with van der Waals surface area (Å²) in [6.45, 7) is 7.76. The summed E-state index contributed by atoms with van der Waals surface area (Å²) in [5.41, 5.74) is 3.33. The third-order valence-corrected chi connectivity index (χ3v) is 3.42. The van der Waals surface area contributed by atoms with Gasteiger partial charge in [0.1, 0.15) is 0 Å². The topological polar surface area (TPSA) is 31.2 Å². The minimum absolute atomic E-state index is 0.201. The molecule has 0 aliphatic heterocycles. The van der Waals surface area contributed by atoms with Gasteiger partial charge >= 0.3 is 0 Å². The van der Waals surface area contributed by atoms with Crippen LogP contribution >= 0.6 is 0 Å². The fraction of sp³-hybridized carbons (Fsp3) is 0.643. The molecule has 1 unspecified atom stereocenters. The van der Waals surface area contributed by atoms with Gasteiger partial charge in [0, 0.05) is 36.5 Å². The number of rotatable bonds is 4. The molecule has 1 heterocycles. The summed E-state index contributed by atoms with van der Waals surface area (Å²) < 4.78 is 7.84. The molecule has 3 heteroatoms. The van der Waals surface area contributed by atoms with E-state index in [4.69, 9.17) is 4.74 Å². The Bertz CT molecular complexity index is 420. The second-order valence-corrected chi connectivity index (χ2v) is 4.80. The van der Waals surface area contributed by atoms with Crippen LogP contribution in [0.5, 0.6) is 0 Å². The Labute approximate surface area is 103 Å². The molecule has 3 nitrogen and oxygen atoms in total. The molecule has 0 radical (unpaired) electrons. The maximum absolute atomic E-state index is 11.8. The fourth-order valence-corrected chi connectivity index (χ4v) is 2.64. The summed E-state index contributed by atoms with van der Waals surface area (Å²) in [5, 5.41) is 0. The predicted molar refractivity (Wildman–Crippen MR) is 67.5 cm³/mol. The van der Waals surface area contributed by atoms with Crippen LogP contribution in [0.15, 0.2) is 6.07 Å². The molecule has 94 valence electrons. The van der Waals surface area contributed by atoms with E-state index in [2.05, 4.69) is 18.4 Å². The highest BCUT2D eigenvalue weighted by molar-refractivity contribution is 5.98. The molecule has 0 saturated carbocycles. The van der Waals surface area contributed by atoms with Gasteiger partial charge in [0.15, 0.2) is 5.78 Å². The number of carbonyl (C=O) groups is 1. The highest BCUT2D eigenvalue weighted by atomic mass is 16.5. The Kier molecular flexibility index (Phi) is 3.67. The van der Waals surface area contributed by atoms with E-state index in [-0.39, 0.29) is 6.10 Å². The number of Topliss-reactive ketones (excluding diaryl/α,β-unsaturated/α-hetero) is 1. The van der Waals surface area contributed by atoms with Crippen molar-refractivity contribution in [3.63, 3.8) is 0 Å². The van der Waals surface area contributed by atoms with Crippen LogP contribution in [0.25, 0.3) is 0 Å². The zero-order chi connectivity index (χ0) is 12.4. The van der Waals surface area contributed by atoms with E-state index >= 15 is 0 Å². The lowest BCUT2D eigenvalue weighted by Gasteiger charge is -2.19. The summed E-state index contributed by atoms with van der Waals surface area (Å²) in [7, 11) is 0. The van der Waals surface area contributed by atoms with Crippen molar-refractivity contribution in [2.75, 3.05) is 6.61 Å². The highest BCUT2D eigenvalue weighted by Crippen LogP contribution is 2.25. The molecule has 1 aromatic rings. The maximum atomic E-state index is 11.8. The van der Waals surface area contributed by atoms with E-state index in [0.29, 0.717) is 12.2 Å². The smallest absolute Gasteiger partial charge is 0.164 e. The van der Waals surface area contributed by atoms with Crippen molar-refractivity contribution in [1.82, 2.24) is 4.57 Å². The van der Waals surface area contributed by atoms with E-state index in [0.717, 1.165) is 31.6 Å². The van der Waals surface area contributed by atoms with Crippen LogP contribution < -0.4 is 0 Å². The third-order valence-electron chi connectivity index (χ3n) is 3.42. The van der Waals surface area contributed by atoms with Gasteiger partial charge < -0.3 is 9.30 Å². The molecule has 1 aliphatic carbocycles. The van der Waals surface area contributed by atoms with Crippen molar-refractivity contribution in [3.8, 4) is 0 Å². The molecule has 0 spiro atoms. The lowest BCUT2D eigenvalue weighted by atomic mass is 9.96. The van der Waals surface area contributed by atoms with Crippen LogP contribution in [-0.2, 0) is 17.7 Å². The molecule has 0 aromatic carbocycles. The van der Waals surface area contributed by atoms with E-state index in [1.165, 1.54) is 11.4 Å². The highest BCUT2D eigenvalue weighted by Gasteiger charge is 2.23. The summed E-state index contributed by atoms with van der Waals surface area (Å²) >= 11 is 0. The number of carbonyl (C=O) groups excluding carboxylic acids is 1. The molecule has 0 bridgehead atoms. The van der Waals surface area contributed by atoms with E-state index in [1.807, 2.05) is 13.0 Å². The number of ketones is 1. The number of aryl methyl sites for hydroxylation is 1. The Morgan fingerprint density at radius 3 is 2.94 bits per heavy atom. The van der Waals surface area contributed by atoms with E-state index in [1.54, 1.807) is 0 Å². The van der Waals surface area contributed by atoms with Gasteiger partial charge in [-0.05, 0) is 39.7 Å². The number of nitrogens with zero attached hydrogens (tertiary/aromatic N) is 1. The van der Waals surface area contributed by atoms with E-state index < -0.39 is 0 Å². The van der Waals surface area contributed by atoms with Gasteiger partial charge in [-0.25, -0.2) is 0 Å². The average molecular weight is 235 g/mol. The van der Waals surface area contributed by atoms with Crippen molar-refractivity contribution in [3.05, 3.63) is 23.0 Å². The zero-order valence-electron chi connectivity index (χ0n) is 11.0. The molecule has 0 saturated heterocycles. The van der Waals surface area contributed by atoms with Crippen molar-refractivity contribution in [1.29, 1.82) is 0 Å². The molecule has 17 heavy (non-hydrogen) atoms. The quantitative estimate of drug-likeness (QED) is 0.803. The Morgan fingerprint density at radius 2 is 2.24 bits per heavy atom. The normalized spacial score (nSPS) is 17.0. The minimum Gasteiger partial charge on any atom is -0.377 e. The molecule has 1 atom stereocenters. The Morgan fingerprint density at radius 1 is 1.47 bits per heavy atom. The number of hydrogen-bond acceptors (Lipinski definition) is 2. The number of ether oxygens (including phenoxy) is 1. The molecule has 0 N–H and O–H groups in total. The summed E-state index contributed by atoms with van der Waals surface area (Å²) in [5.74, 6) is 0.303. The maximum Gasteiger partial charge on any atom is 0.164 e. The SMILES string of the molecule is CCOC(C)Cn1c(C)cc2c1CCCC2=O. The van der Waals surface area contributed by atoms with Gasteiger partial charge in [-0.15, -0.1) is 0 Å². The van der Waals surface area contributed by atoms with Crippen LogP contribution in [0.4, 0.5) is 0 Å². The first kappa shape index (κ1) is 12.4. The van der Waals surface area contributed by atoms with Crippen LogP contribution in [0.1, 0.15) is 48.4 Å². The van der Waals surface area contributed by atoms with Crippen LogP contribution in [0.2, 0.25) is 0 Å². The van der Waals surface area contributed by atoms with Gasteiger partial charge in [0.05, 0.1) is 6.10 Å². The predicted octanol–water partition coefficient (Wildman–Crippen LogP) is 2.74. The first-order valence-electron chi connectivity index (χ1n) is 6.47. The molecule has 1 aliphatic rings. The van der Waals surface area contributed by atoms with Gasteiger partial charge in [-0.3, -0.25) is 4.79 Å². The number of aromatic nitrogens is 1. The van der Waals surface area contributed by atoms with Crippen LogP contribution in [-0.4, -0.2) is 23.1 Å². The van der Waals surface area contributed by atoms with Crippen molar-refractivity contribution in [2.24, 2.45) is 0 Å². The standard InChI is InChI=1S/C14H21NO2/c1-4-17-11(3)9-15-10(2)8-12-13(15)6-5-7-14(12)16/h8,11H,4-7,9H2,1-3H3. The molecule has 0 amide bonds. The molecular formula is C14H21NO2. The first-order chi connectivity index (χ1) is 8.13. The monoisotopic (exact) mass is 235 g/mol. The molecule has 1 aromatic heterocycles. The molecule has 2 rings (SSSR count). The van der Waals surface area contributed by atoms with Gasteiger partial charge in [-0.1, -0.05) is 0 Å². The number of hydrogen-bond donors (Lipinski definition) is 0. The Hall–Kier alpha value is -1.09. The average Bonchev–Trinajstić information content (AvgIpc) is 2.58. The lowest BCUT2D eigenvalue weighted by Crippen LogP contribution is -2.21. The summed E-state index contributed by atoms with van der Waals surface area (Å²) in [4.78, 5) is 11.8. The number of fused-ring (bicyclic) bond motifs is 1. The third kappa shape index (κ3) is 2.44. The first-order valence-corrected chi connectivity index (χ1v) is 6.47. The van der Waals surface area contributed by atoms with E-state index in [9.17, 15) is 4.79 Å². The fourth-order valence-electron chi connectivity index (χ4n) is 2.64. The second-order valence-electron chi connectivity index (χ2n) is 4.80. The summed E-state index contributed by atoms with van der Waals surface area (Å²) in [6, 6.07) is 2.04. The largest absolute Gasteiger partial charge is 0.377 e. The Balaban J connectivity index is 2.25. The lowest BCUT2D eigenvalue weighted by molar-refractivity contribution is 0.0629. The van der Waals surface area contributed by atoms with Gasteiger partial charge in [0.25, 0.3) is 0 Å². The minimum atomic E-state index is 0.201. The van der Waals surface area contributed by atoms with Crippen molar-refractivity contribution < 1.29 is 9.53 Å². The van der Waals surface area contributed by atoms with Crippen molar-refractivity contribution >= 4 is 5.78 Å². The van der Waals surface area contributed by atoms with Gasteiger partial charge in [0.2, 0.25) is 0 Å². The second kappa shape index (κ2) is 5.05. The van der Waals surface area contributed by atoms with Crippen LogP contribution in [0, 0.1) is 6.92 Å². The van der Waals surface area contributed by atoms with Crippen molar-refractivity contribution in [2.45, 2.75) is 52.7 Å². The molecule has 0 fully saturated rings. The van der Waals surface area contributed by atoms with Gasteiger partial charge in [-0.2, -0.15) is 0 Å². The zero-order valence-corrected chi connectivity index (χ0v) is 11.0. The van der Waals surface area contributed by atoms with Crippen LogP contribution in [0.3, 0.4) is 0 Å².